The smallest absolute Gasteiger partial charge is 0.191 e. The third-order valence-corrected chi connectivity index (χ3v) is 5.13. The molecule has 144 valence electrons. The van der Waals surface area contributed by atoms with Gasteiger partial charge in [-0.25, -0.2) is 0 Å². The Kier molecular flexibility index (Phi) is 7.22. The van der Waals surface area contributed by atoms with Gasteiger partial charge in [-0.05, 0) is 50.6 Å². The standard InChI is InChI=1S/C22H31N5/c1-18-8-10-19(11-9-18)21(27-15-5-6-16-27)17-26-22(23-2)25-14-12-20-7-3-4-13-24-20/h3-4,7-11,13,21H,5-6,12,14-17H2,1-2H3,(H2,23,25,26). The van der Waals surface area contributed by atoms with Gasteiger partial charge in [0.05, 0.1) is 6.04 Å². The molecule has 5 nitrogen and oxygen atoms in total. The van der Waals surface area contributed by atoms with E-state index in [9.17, 15) is 0 Å². The van der Waals surface area contributed by atoms with Gasteiger partial charge in [-0.1, -0.05) is 35.9 Å². The molecule has 1 aliphatic heterocycles. The predicted molar refractivity (Wildman–Crippen MR) is 112 cm³/mol. The number of pyridine rings is 1. The molecule has 0 amide bonds. The van der Waals surface area contributed by atoms with Gasteiger partial charge in [0.1, 0.15) is 0 Å². The second kappa shape index (κ2) is 10.1. The maximum Gasteiger partial charge on any atom is 0.191 e. The minimum Gasteiger partial charge on any atom is -0.356 e. The summed E-state index contributed by atoms with van der Waals surface area (Å²) in [6.45, 7) is 6.15. The zero-order valence-corrected chi connectivity index (χ0v) is 16.5. The summed E-state index contributed by atoms with van der Waals surface area (Å²) in [5, 5.41) is 6.93. The van der Waals surface area contributed by atoms with Crippen molar-refractivity contribution < 1.29 is 0 Å². The third kappa shape index (κ3) is 5.79. The Balaban J connectivity index is 1.55. The van der Waals surface area contributed by atoms with Crippen molar-refractivity contribution in [3.05, 3.63) is 65.5 Å². The van der Waals surface area contributed by atoms with Crippen molar-refractivity contribution >= 4 is 5.96 Å². The molecule has 5 heteroatoms. The van der Waals surface area contributed by atoms with Gasteiger partial charge in [-0.15, -0.1) is 0 Å². The molecular formula is C22H31N5. The molecule has 0 bridgehead atoms. The molecule has 0 radical (unpaired) electrons. The lowest BCUT2D eigenvalue weighted by molar-refractivity contribution is 0.245. The van der Waals surface area contributed by atoms with E-state index in [4.69, 9.17) is 0 Å². The fourth-order valence-electron chi connectivity index (χ4n) is 3.57. The molecule has 1 aromatic heterocycles. The first-order valence-electron chi connectivity index (χ1n) is 9.91. The number of nitrogens with zero attached hydrogens (tertiary/aromatic N) is 3. The van der Waals surface area contributed by atoms with Crippen LogP contribution in [0.2, 0.25) is 0 Å². The topological polar surface area (TPSA) is 52.6 Å². The quantitative estimate of drug-likeness (QED) is 0.585. The summed E-state index contributed by atoms with van der Waals surface area (Å²) in [6.07, 6.45) is 5.30. The van der Waals surface area contributed by atoms with E-state index >= 15 is 0 Å². The first-order valence-corrected chi connectivity index (χ1v) is 9.91. The fourth-order valence-corrected chi connectivity index (χ4v) is 3.57. The molecule has 1 unspecified atom stereocenters. The van der Waals surface area contributed by atoms with Gasteiger partial charge in [0.2, 0.25) is 0 Å². The highest BCUT2D eigenvalue weighted by Crippen LogP contribution is 2.24. The first kappa shape index (κ1) is 19.4. The van der Waals surface area contributed by atoms with Gasteiger partial charge in [-0.3, -0.25) is 14.9 Å². The number of hydrogen-bond acceptors (Lipinski definition) is 3. The Morgan fingerprint density at radius 1 is 1.11 bits per heavy atom. The van der Waals surface area contributed by atoms with E-state index in [2.05, 4.69) is 62.8 Å². The maximum atomic E-state index is 4.38. The normalized spacial score (nSPS) is 16.3. The third-order valence-electron chi connectivity index (χ3n) is 5.13. The molecule has 27 heavy (non-hydrogen) atoms. The molecule has 1 aromatic carbocycles. The lowest BCUT2D eigenvalue weighted by Gasteiger charge is -2.29. The van der Waals surface area contributed by atoms with Gasteiger partial charge < -0.3 is 10.6 Å². The molecule has 0 saturated carbocycles. The van der Waals surface area contributed by atoms with Gasteiger partial charge in [0.15, 0.2) is 5.96 Å². The summed E-state index contributed by atoms with van der Waals surface area (Å²) in [6, 6.07) is 15.3. The Morgan fingerprint density at radius 3 is 2.56 bits per heavy atom. The SMILES string of the molecule is CN=C(NCCc1ccccn1)NCC(c1ccc(C)cc1)N1CCCC1. The zero-order valence-electron chi connectivity index (χ0n) is 16.5. The zero-order chi connectivity index (χ0) is 18.9. The number of aryl methyl sites for hydroxylation is 1. The van der Waals surface area contributed by atoms with Crippen LogP contribution in [-0.4, -0.2) is 49.1 Å². The van der Waals surface area contributed by atoms with Crippen molar-refractivity contribution in [2.24, 2.45) is 4.99 Å². The molecule has 1 atom stereocenters. The minimum absolute atomic E-state index is 0.377. The van der Waals surface area contributed by atoms with Crippen LogP contribution in [0.4, 0.5) is 0 Å². The van der Waals surface area contributed by atoms with Crippen LogP contribution in [0.1, 0.15) is 35.7 Å². The van der Waals surface area contributed by atoms with Crippen molar-refractivity contribution in [2.45, 2.75) is 32.2 Å². The van der Waals surface area contributed by atoms with Crippen LogP contribution < -0.4 is 10.6 Å². The van der Waals surface area contributed by atoms with Crippen LogP contribution in [0.25, 0.3) is 0 Å². The first-order chi connectivity index (χ1) is 13.3. The number of benzene rings is 1. The van der Waals surface area contributed by atoms with Crippen molar-refractivity contribution in [1.29, 1.82) is 0 Å². The second-order valence-electron chi connectivity index (χ2n) is 7.12. The Hall–Kier alpha value is -2.40. The summed E-state index contributed by atoms with van der Waals surface area (Å²) in [5.74, 6) is 0.849. The Bertz CT molecular complexity index is 705. The molecule has 0 aliphatic carbocycles. The minimum atomic E-state index is 0.377. The van der Waals surface area contributed by atoms with E-state index in [0.717, 1.165) is 31.2 Å². The van der Waals surface area contributed by atoms with E-state index in [1.807, 2.05) is 25.4 Å². The van der Waals surface area contributed by atoms with Gasteiger partial charge in [0.25, 0.3) is 0 Å². The van der Waals surface area contributed by atoms with Crippen molar-refractivity contribution in [3.63, 3.8) is 0 Å². The summed E-state index contributed by atoms with van der Waals surface area (Å²) < 4.78 is 0. The average molecular weight is 366 g/mol. The van der Waals surface area contributed by atoms with Crippen LogP contribution in [-0.2, 0) is 6.42 Å². The van der Waals surface area contributed by atoms with E-state index in [0.29, 0.717) is 6.04 Å². The molecule has 2 N–H and O–H groups in total. The summed E-state index contributed by atoms with van der Waals surface area (Å²) in [4.78, 5) is 11.3. The van der Waals surface area contributed by atoms with Gasteiger partial charge in [0, 0.05) is 38.4 Å². The lowest BCUT2D eigenvalue weighted by Crippen LogP contribution is -2.43. The van der Waals surface area contributed by atoms with E-state index < -0.39 is 0 Å². The molecule has 2 heterocycles. The largest absolute Gasteiger partial charge is 0.356 e. The van der Waals surface area contributed by atoms with Gasteiger partial charge >= 0.3 is 0 Å². The second-order valence-corrected chi connectivity index (χ2v) is 7.12. The monoisotopic (exact) mass is 365 g/mol. The Morgan fingerprint density at radius 2 is 1.89 bits per heavy atom. The summed E-state index contributed by atoms with van der Waals surface area (Å²) in [7, 11) is 1.83. The Labute approximate surface area is 162 Å². The van der Waals surface area contributed by atoms with Crippen molar-refractivity contribution in [1.82, 2.24) is 20.5 Å². The summed E-state index contributed by atoms with van der Waals surface area (Å²) in [5.41, 5.74) is 3.77. The van der Waals surface area contributed by atoms with Crippen LogP contribution in [0.15, 0.2) is 53.7 Å². The van der Waals surface area contributed by atoms with E-state index in [-0.39, 0.29) is 0 Å². The van der Waals surface area contributed by atoms with Gasteiger partial charge in [-0.2, -0.15) is 0 Å². The molecule has 1 saturated heterocycles. The molecule has 2 aromatic rings. The predicted octanol–water partition coefficient (Wildman–Crippen LogP) is 2.93. The lowest BCUT2D eigenvalue weighted by atomic mass is 10.0. The number of rotatable bonds is 7. The average Bonchev–Trinajstić information content (AvgIpc) is 3.23. The molecule has 1 aliphatic rings. The highest BCUT2D eigenvalue weighted by Gasteiger charge is 2.23. The number of likely N-dealkylation sites (tertiary alicyclic amines) is 1. The van der Waals surface area contributed by atoms with Crippen LogP contribution >= 0.6 is 0 Å². The number of nitrogens with one attached hydrogen (secondary N) is 2. The number of hydrogen-bond donors (Lipinski definition) is 2. The fraction of sp³-hybridized carbons (Fsp3) is 0.455. The molecule has 0 spiro atoms. The highest BCUT2D eigenvalue weighted by atomic mass is 15.2. The number of aromatic nitrogens is 1. The van der Waals surface area contributed by atoms with E-state index in [1.54, 1.807) is 0 Å². The highest BCUT2D eigenvalue weighted by molar-refractivity contribution is 5.79. The maximum absolute atomic E-state index is 4.38. The number of aliphatic imine (C=N–C) groups is 1. The number of guanidine groups is 1. The molecule has 1 fully saturated rings. The van der Waals surface area contributed by atoms with Crippen LogP contribution in [0.3, 0.4) is 0 Å². The van der Waals surface area contributed by atoms with Crippen molar-refractivity contribution in [2.75, 3.05) is 33.2 Å². The molecular weight excluding hydrogens is 334 g/mol. The summed E-state index contributed by atoms with van der Waals surface area (Å²) >= 11 is 0. The van der Waals surface area contributed by atoms with Crippen LogP contribution in [0, 0.1) is 6.92 Å². The van der Waals surface area contributed by atoms with Crippen molar-refractivity contribution in [3.8, 4) is 0 Å². The van der Waals surface area contributed by atoms with E-state index in [1.165, 1.54) is 37.1 Å². The molecule has 3 rings (SSSR count). The van der Waals surface area contributed by atoms with Crippen LogP contribution in [0.5, 0.6) is 0 Å².